The van der Waals surface area contributed by atoms with Gasteiger partial charge in [0.1, 0.15) is 0 Å². The van der Waals surface area contributed by atoms with Crippen molar-refractivity contribution in [3.63, 3.8) is 0 Å². The maximum atomic E-state index is 12.5. The first-order chi connectivity index (χ1) is 13.9. The summed E-state index contributed by atoms with van der Waals surface area (Å²) in [5.41, 5.74) is 3.41. The summed E-state index contributed by atoms with van der Waals surface area (Å²) in [5, 5.41) is 3.28. The average Bonchev–Trinajstić information content (AvgIpc) is 2.73. The highest BCUT2D eigenvalue weighted by atomic mass is 19.4. The Hall–Kier alpha value is -2.85. The van der Waals surface area contributed by atoms with Crippen LogP contribution in [0.15, 0.2) is 103 Å². The van der Waals surface area contributed by atoms with E-state index in [4.69, 9.17) is 0 Å². The van der Waals surface area contributed by atoms with E-state index in [1.165, 1.54) is 11.6 Å². The summed E-state index contributed by atoms with van der Waals surface area (Å²) in [4.78, 5) is 0. The minimum atomic E-state index is -4.39. The predicted octanol–water partition coefficient (Wildman–Crippen LogP) is 6.72. The molecule has 0 aliphatic rings. The van der Waals surface area contributed by atoms with Crippen molar-refractivity contribution in [1.82, 2.24) is 5.32 Å². The number of alkyl halides is 3. The molecule has 2 aromatic carbocycles. The van der Waals surface area contributed by atoms with Gasteiger partial charge in [-0.25, -0.2) is 0 Å². The highest BCUT2D eigenvalue weighted by Gasteiger charge is 2.29. The fraction of sp³-hybridized carbons (Fsp3) is 0.200. The molecule has 0 atom stereocenters. The lowest BCUT2D eigenvalue weighted by molar-refractivity contribution is -0.0878. The maximum absolute atomic E-state index is 12.5. The van der Waals surface area contributed by atoms with Crippen LogP contribution in [0.4, 0.5) is 13.2 Å². The molecule has 0 bridgehead atoms. The molecule has 2 aromatic rings. The molecule has 2 rings (SSSR count). The summed E-state index contributed by atoms with van der Waals surface area (Å²) in [7, 11) is 0. The fourth-order valence-corrected chi connectivity index (χ4v) is 2.75. The maximum Gasteiger partial charge on any atom is 0.415 e. The van der Waals surface area contributed by atoms with E-state index in [-0.39, 0.29) is 0 Å². The first-order valence-corrected chi connectivity index (χ1v) is 9.53. The molecule has 0 amide bonds. The lowest BCUT2D eigenvalue weighted by atomic mass is 9.97. The Labute approximate surface area is 171 Å². The van der Waals surface area contributed by atoms with Crippen molar-refractivity contribution in [2.24, 2.45) is 0 Å². The highest BCUT2D eigenvalue weighted by molar-refractivity contribution is 5.79. The van der Waals surface area contributed by atoms with Crippen LogP contribution in [0.25, 0.3) is 5.57 Å². The number of nitrogens with one attached hydrogen (secondary N) is 1. The standard InChI is InChI=1S/C25H26F3N/c1-3-21(17-16-20(2)25(26,27)28)19-29-18-10-15-24(22-11-6-4-7-12-22)23-13-8-5-9-14-23/h3-9,11-17,29H,2,10,18-19H2,1H3/b17-16-,21-3+. The molecule has 152 valence electrons. The minimum Gasteiger partial charge on any atom is -0.312 e. The summed E-state index contributed by atoms with van der Waals surface area (Å²) in [5.74, 6) is 0. The van der Waals surface area contributed by atoms with E-state index < -0.39 is 11.7 Å². The normalized spacial score (nSPS) is 12.2. The molecule has 0 saturated carbocycles. The van der Waals surface area contributed by atoms with E-state index in [1.807, 2.05) is 36.4 Å². The summed E-state index contributed by atoms with van der Waals surface area (Å²) in [6, 6.07) is 20.4. The van der Waals surface area contributed by atoms with Crippen molar-refractivity contribution < 1.29 is 13.2 Å². The van der Waals surface area contributed by atoms with Gasteiger partial charge in [-0.2, -0.15) is 13.2 Å². The van der Waals surface area contributed by atoms with E-state index >= 15 is 0 Å². The first kappa shape index (κ1) is 22.4. The van der Waals surface area contributed by atoms with Crippen molar-refractivity contribution in [3.8, 4) is 0 Å². The van der Waals surface area contributed by atoms with Gasteiger partial charge in [0.15, 0.2) is 0 Å². The van der Waals surface area contributed by atoms with E-state index in [0.29, 0.717) is 13.1 Å². The van der Waals surface area contributed by atoms with Gasteiger partial charge in [0.25, 0.3) is 0 Å². The number of hydrogen-bond donors (Lipinski definition) is 1. The third-order valence-corrected chi connectivity index (χ3v) is 4.40. The Kier molecular flexibility index (Phi) is 8.68. The summed E-state index contributed by atoms with van der Waals surface area (Å²) in [6.07, 6.45) is 2.86. The van der Waals surface area contributed by atoms with Crippen LogP contribution in [0.5, 0.6) is 0 Å². The Morgan fingerprint density at radius 2 is 1.48 bits per heavy atom. The van der Waals surface area contributed by atoms with Crippen molar-refractivity contribution in [3.05, 3.63) is 114 Å². The molecule has 1 nitrogen and oxygen atoms in total. The van der Waals surface area contributed by atoms with E-state index in [0.717, 1.165) is 29.2 Å². The molecule has 0 heterocycles. The van der Waals surface area contributed by atoms with Crippen LogP contribution in [0.3, 0.4) is 0 Å². The molecule has 0 radical (unpaired) electrons. The van der Waals surface area contributed by atoms with Gasteiger partial charge in [-0.3, -0.25) is 0 Å². The van der Waals surface area contributed by atoms with E-state index in [2.05, 4.69) is 42.2 Å². The second kappa shape index (κ2) is 11.2. The Balaban J connectivity index is 1.94. The van der Waals surface area contributed by atoms with Gasteiger partial charge in [0, 0.05) is 12.1 Å². The lowest BCUT2D eigenvalue weighted by Gasteiger charge is -2.10. The Morgan fingerprint density at radius 1 is 0.931 bits per heavy atom. The Bertz CT molecular complexity index is 818. The second-order valence-electron chi connectivity index (χ2n) is 6.54. The zero-order valence-corrected chi connectivity index (χ0v) is 16.5. The van der Waals surface area contributed by atoms with Crippen LogP contribution >= 0.6 is 0 Å². The first-order valence-electron chi connectivity index (χ1n) is 9.53. The van der Waals surface area contributed by atoms with Gasteiger partial charge >= 0.3 is 6.18 Å². The molecular weight excluding hydrogens is 371 g/mol. The molecule has 0 spiro atoms. The molecular formula is C25H26F3N. The number of hydrogen-bond acceptors (Lipinski definition) is 1. The molecule has 0 unspecified atom stereocenters. The van der Waals surface area contributed by atoms with E-state index in [9.17, 15) is 13.2 Å². The number of rotatable bonds is 9. The molecule has 4 heteroatoms. The predicted molar refractivity (Wildman–Crippen MR) is 116 cm³/mol. The van der Waals surface area contributed by atoms with Gasteiger partial charge in [-0.15, -0.1) is 0 Å². The van der Waals surface area contributed by atoms with Crippen molar-refractivity contribution in [1.29, 1.82) is 0 Å². The van der Waals surface area contributed by atoms with Crippen LogP contribution in [0.2, 0.25) is 0 Å². The van der Waals surface area contributed by atoms with Crippen LogP contribution in [-0.4, -0.2) is 19.3 Å². The quantitative estimate of drug-likeness (QED) is 0.366. The average molecular weight is 397 g/mol. The third kappa shape index (κ3) is 7.59. The van der Waals surface area contributed by atoms with Gasteiger partial charge in [0.2, 0.25) is 0 Å². The number of halogens is 3. The van der Waals surface area contributed by atoms with Gasteiger partial charge in [0.05, 0.1) is 0 Å². The number of benzene rings is 2. The topological polar surface area (TPSA) is 12.0 Å². The molecule has 0 aromatic heterocycles. The van der Waals surface area contributed by atoms with E-state index in [1.54, 1.807) is 13.0 Å². The molecule has 0 fully saturated rings. The molecule has 29 heavy (non-hydrogen) atoms. The van der Waals surface area contributed by atoms with Gasteiger partial charge in [-0.05, 0) is 42.2 Å². The van der Waals surface area contributed by atoms with Crippen molar-refractivity contribution in [2.75, 3.05) is 13.1 Å². The monoisotopic (exact) mass is 397 g/mol. The summed E-state index contributed by atoms with van der Waals surface area (Å²) < 4.78 is 37.6. The molecule has 0 aliphatic heterocycles. The zero-order chi connectivity index (χ0) is 21.1. The summed E-state index contributed by atoms with van der Waals surface area (Å²) >= 11 is 0. The van der Waals surface area contributed by atoms with Crippen molar-refractivity contribution >= 4 is 5.57 Å². The van der Waals surface area contributed by atoms with Crippen LogP contribution in [0.1, 0.15) is 24.5 Å². The largest absolute Gasteiger partial charge is 0.415 e. The zero-order valence-electron chi connectivity index (χ0n) is 16.5. The highest BCUT2D eigenvalue weighted by Crippen LogP contribution is 2.25. The van der Waals surface area contributed by atoms with Crippen LogP contribution in [-0.2, 0) is 0 Å². The number of allylic oxidation sites excluding steroid dienone is 3. The third-order valence-electron chi connectivity index (χ3n) is 4.40. The van der Waals surface area contributed by atoms with Crippen LogP contribution < -0.4 is 5.32 Å². The Morgan fingerprint density at radius 3 is 1.97 bits per heavy atom. The molecule has 0 aliphatic carbocycles. The van der Waals surface area contributed by atoms with Gasteiger partial charge < -0.3 is 5.32 Å². The van der Waals surface area contributed by atoms with Crippen LogP contribution in [0, 0.1) is 0 Å². The molecule has 0 saturated heterocycles. The van der Waals surface area contributed by atoms with Gasteiger partial charge in [-0.1, -0.05) is 91.5 Å². The minimum absolute atomic E-state index is 0.498. The fourth-order valence-electron chi connectivity index (χ4n) is 2.75. The van der Waals surface area contributed by atoms with Crippen molar-refractivity contribution in [2.45, 2.75) is 19.5 Å². The smallest absolute Gasteiger partial charge is 0.312 e. The summed E-state index contributed by atoms with van der Waals surface area (Å²) in [6.45, 7) is 6.07. The molecule has 1 N–H and O–H groups in total. The lowest BCUT2D eigenvalue weighted by Crippen LogP contribution is -2.17. The second-order valence-corrected chi connectivity index (χ2v) is 6.54. The SMILES string of the molecule is C=C(/C=C\C(=C/C)CNCCC=C(c1ccccc1)c1ccccc1)C(F)(F)F.